The van der Waals surface area contributed by atoms with Gasteiger partial charge in [-0.25, -0.2) is 19.0 Å². The molecule has 2 aromatic carbocycles. The van der Waals surface area contributed by atoms with Crippen molar-refractivity contribution in [3.63, 3.8) is 0 Å². The molecular formula is C38H42Cl2N10O2. The summed E-state index contributed by atoms with van der Waals surface area (Å²) in [5.41, 5.74) is 3.16. The fourth-order valence-corrected chi connectivity index (χ4v) is 8.09. The molecule has 0 aliphatic carbocycles. The fourth-order valence-electron chi connectivity index (χ4n) is 7.72. The molecule has 2 unspecified atom stereocenters. The Kier molecular flexibility index (Phi) is 10.0. The van der Waals surface area contributed by atoms with Gasteiger partial charge in [0.15, 0.2) is 11.3 Å². The predicted octanol–water partition coefficient (Wildman–Crippen LogP) is 4.19. The summed E-state index contributed by atoms with van der Waals surface area (Å²) in [6, 6.07) is 27.2. The van der Waals surface area contributed by atoms with Crippen LogP contribution in [0.15, 0.2) is 107 Å². The van der Waals surface area contributed by atoms with Gasteiger partial charge in [-0.1, -0.05) is 47.5 Å². The lowest BCUT2D eigenvalue weighted by Gasteiger charge is -2.41. The monoisotopic (exact) mass is 740 g/mol. The highest BCUT2D eigenvalue weighted by Crippen LogP contribution is 2.26. The van der Waals surface area contributed by atoms with E-state index in [0.29, 0.717) is 24.4 Å². The SMILES string of the molecule is O=c1n(CC(CN2CCN(c3cccc(Cl)c3)CC2)C(CN2CCN(c3cccc(Cl)c3)CC2)Cn2nc3ccccn3c2=O)nc2ccccn12. The second kappa shape index (κ2) is 15.2. The Balaban J connectivity index is 1.08. The second-order valence-corrected chi connectivity index (χ2v) is 14.7. The molecule has 14 heteroatoms. The average molecular weight is 742 g/mol. The van der Waals surface area contributed by atoms with Gasteiger partial charge < -0.3 is 9.80 Å². The number of halogens is 2. The largest absolute Gasteiger partial charge is 0.369 e. The standard InChI is InChI=1S/C38H42Cl2N10O2/c39-31-7-5-9-33(23-31)45-19-15-43(16-20-45)25-29(27-49-37(51)47-13-3-1-11-35(47)41-49)30(28-50-38(52)48-14-4-2-12-36(48)42-50)26-44-17-21-46(22-18-44)34-10-6-8-32(40)24-34/h1-14,23-24,29-30H,15-22,25-28H2. The van der Waals surface area contributed by atoms with Gasteiger partial charge in [0.2, 0.25) is 0 Å². The summed E-state index contributed by atoms with van der Waals surface area (Å²) in [5, 5.41) is 11.0. The van der Waals surface area contributed by atoms with Gasteiger partial charge in [0.05, 0.1) is 13.1 Å². The molecule has 0 saturated carbocycles. The number of benzene rings is 2. The summed E-state index contributed by atoms with van der Waals surface area (Å²) in [5.74, 6) is -0.0222. The Hall–Kier alpha value is -4.62. The molecule has 2 fully saturated rings. The molecule has 12 nitrogen and oxygen atoms in total. The van der Waals surface area contributed by atoms with Crippen LogP contribution in [-0.2, 0) is 13.1 Å². The lowest BCUT2D eigenvalue weighted by atomic mass is 9.90. The van der Waals surface area contributed by atoms with E-state index in [1.807, 2.05) is 72.8 Å². The van der Waals surface area contributed by atoms with Crippen molar-refractivity contribution in [2.24, 2.45) is 11.8 Å². The zero-order valence-electron chi connectivity index (χ0n) is 28.9. The Bertz CT molecular complexity index is 2110. The number of hydrogen-bond acceptors (Lipinski definition) is 8. The van der Waals surface area contributed by atoms with Crippen molar-refractivity contribution in [2.75, 3.05) is 75.2 Å². The van der Waals surface area contributed by atoms with Crippen molar-refractivity contribution >= 4 is 45.9 Å². The maximum atomic E-state index is 13.7. The van der Waals surface area contributed by atoms with Crippen LogP contribution in [0.4, 0.5) is 11.4 Å². The van der Waals surface area contributed by atoms with Crippen LogP contribution < -0.4 is 21.2 Å². The minimum Gasteiger partial charge on any atom is -0.369 e. The summed E-state index contributed by atoms with van der Waals surface area (Å²) in [7, 11) is 0. The molecule has 2 aliphatic heterocycles. The third-order valence-corrected chi connectivity index (χ3v) is 11.0. The number of rotatable bonds is 11. The molecule has 8 rings (SSSR count). The summed E-state index contributed by atoms with van der Waals surface area (Å²) >= 11 is 12.7. The lowest BCUT2D eigenvalue weighted by molar-refractivity contribution is 0.110. The molecule has 0 bridgehead atoms. The van der Waals surface area contributed by atoms with E-state index in [2.05, 4.69) is 31.7 Å². The van der Waals surface area contributed by atoms with E-state index in [0.717, 1.165) is 86.9 Å². The maximum absolute atomic E-state index is 13.7. The van der Waals surface area contributed by atoms with Crippen LogP contribution in [0.25, 0.3) is 11.3 Å². The van der Waals surface area contributed by atoms with Crippen LogP contribution in [0.3, 0.4) is 0 Å². The molecule has 2 saturated heterocycles. The van der Waals surface area contributed by atoms with E-state index in [1.165, 1.54) is 0 Å². The van der Waals surface area contributed by atoms with Crippen molar-refractivity contribution in [3.8, 4) is 0 Å². The van der Waals surface area contributed by atoms with Crippen molar-refractivity contribution in [1.82, 2.24) is 38.2 Å². The molecule has 2 atom stereocenters. The smallest absolute Gasteiger partial charge is 0.350 e. The molecule has 0 spiro atoms. The second-order valence-electron chi connectivity index (χ2n) is 13.8. The summed E-state index contributed by atoms with van der Waals surface area (Å²) in [4.78, 5) is 37.0. The summed E-state index contributed by atoms with van der Waals surface area (Å²) in [6.07, 6.45) is 3.52. The number of pyridine rings is 2. The highest BCUT2D eigenvalue weighted by atomic mass is 35.5. The van der Waals surface area contributed by atoms with Gasteiger partial charge in [-0.05, 0) is 72.5 Å². The molecule has 0 amide bonds. The zero-order valence-corrected chi connectivity index (χ0v) is 30.4. The summed E-state index contributed by atoms with van der Waals surface area (Å²) < 4.78 is 6.41. The van der Waals surface area contributed by atoms with Crippen LogP contribution >= 0.6 is 23.2 Å². The van der Waals surface area contributed by atoms with Crippen LogP contribution in [0.5, 0.6) is 0 Å². The molecule has 4 aromatic heterocycles. The Morgan fingerprint density at radius 3 is 1.33 bits per heavy atom. The van der Waals surface area contributed by atoms with E-state index in [9.17, 15) is 9.59 Å². The molecule has 0 radical (unpaired) electrons. The number of hydrogen-bond donors (Lipinski definition) is 0. The van der Waals surface area contributed by atoms with E-state index < -0.39 is 0 Å². The van der Waals surface area contributed by atoms with Crippen molar-refractivity contribution < 1.29 is 0 Å². The minimum absolute atomic E-state index is 0.0111. The van der Waals surface area contributed by atoms with E-state index in [1.54, 1.807) is 30.6 Å². The molecule has 2 aliphatic rings. The number of fused-ring (bicyclic) bond motifs is 2. The number of anilines is 2. The number of piperazine rings is 2. The highest BCUT2D eigenvalue weighted by Gasteiger charge is 2.32. The van der Waals surface area contributed by atoms with Gasteiger partial charge in [-0.15, -0.1) is 10.2 Å². The van der Waals surface area contributed by atoms with Crippen LogP contribution in [0, 0.1) is 11.8 Å². The van der Waals surface area contributed by atoms with Gasteiger partial charge in [-0.2, -0.15) is 0 Å². The van der Waals surface area contributed by atoms with Gasteiger partial charge in [0, 0.05) is 99.3 Å². The molecule has 6 aromatic rings. The third-order valence-electron chi connectivity index (χ3n) is 10.5. The van der Waals surface area contributed by atoms with Crippen LogP contribution in [0.1, 0.15) is 0 Å². The van der Waals surface area contributed by atoms with Gasteiger partial charge >= 0.3 is 11.4 Å². The van der Waals surface area contributed by atoms with Crippen molar-refractivity contribution in [3.05, 3.63) is 128 Å². The normalized spacial score (nSPS) is 17.3. The number of nitrogens with zero attached hydrogens (tertiary/aromatic N) is 10. The first-order valence-electron chi connectivity index (χ1n) is 17.9. The zero-order chi connectivity index (χ0) is 35.6. The Morgan fingerprint density at radius 2 is 0.942 bits per heavy atom. The molecule has 270 valence electrons. The first kappa shape index (κ1) is 34.5. The van der Waals surface area contributed by atoms with Gasteiger partial charge in [0.1, 0.15) is 0 Å². The molecule has 0 N–H and O–H groups in total. The van der Waals surface area contributed by atoms with E-state index >= 15 is 0 Å². The molecular weight excluding hydrogens is 699 g/mol. The van der Waals surface area contributed by atoms with Gasteiger partial charge in [-0.3, -0.25) is 18.6 Å². The van der Waals surface area contributed by atoms with E-state index in [-0.39, 0.29) is 23.2 Å². The van der Waals surface area contributed by atoms with Crippen molar-refractivity contribution in [1.29, 1.82) is 0 Å². The predicted molar refractivity (Wildman–Crippen MR) is 206 cm³/mol. The third kappa shape index (κ3) is 7.47. The van der Waals surface area contributed by atoms with E-state index in [4.69, 9.17) is 33.4 Å². The van der Waals surface area contributed by atoms with Gasteiger partial charge in [0.25, 0.3) is 0 Å². The van der Waals surface area contributed by atoms with Crippen LogP contribution in [0.2, 0.25) is 10.0 Å². The maximum Gasteiger partial charge on any atom is 0.350 e. The Labute approximate surface area is 311 Å². The van der Waals surface area contributed by atoms with Crippen molar-refractivity contribution in [2.45, 2.75) is 13.1 Å². The molecule has 6 heterocycles. The molecule has 52 heavy (non-hydrogen) atoms. The topological polar surface area (TPSA) is 91.6 Å². The number of aromatic nitrogens is 6. The fraction of sp³-hybridized carbons (Fsp3) is 0.368. The Morgan fingerprint density at radius 1 is 0.519 bits per heavy atom. The lowest BCUT2D eigenvalue weighted by Crippen LogP contribution is -2.52. The average Bonchev–Trinajstić information content (AvgIpc) is 3.66. The highest BCUT2D eigenvalue weighted by molar-refractivity contribution is 6.31. The minimum atomic E-state index is -0.162. The first-order chi connectivity index (χ1) is 25.4. The van der Waals surface area contributed by atoms with Crippen LogP contribution in [-0.4, -0.2) is 104 Å². The first-order valence-corrected chi connectivity index (χ1v) is 18.7. The summed E-state index contributed by atoms with van der Waals surface area (Å²) in [6.45, 7) is 9.25. The quantitative estimate of drug-likeness (QED) is 0.196.